The van der Waals surface area contributed by atoms with Gasteiger partial charge in [-0.1, -0.05) is 29.3 Å². The fraction of sp³-hybridized carbons (Fsp3) is 0.333. The van der Waals surface area contributed by atoms with Gasteiger partial charge in [0.25, 0.3) is 0 Å². The van der Waals surface area contributed by atoms with E-state index in [4.69, 9.17) is 33.5 Å². The summed E-state index contributed by atoms with van der Waals surface area (Å²) in [6, 6.07) is 5.40. The molecule has 2 rings (SSSR count). The van der Waals surface area contributed by atoms with E-state index in [9.17, 15) is 0 Å². The summed E-state index contributed by atoms with van der Waals surface area (Å²) >= 11 is 12.5. The molecule has 0 spiro atoms. The zero-order chi connectivity index (χ0) is 14.9. The molecule has 0 saturated carbocycles. The molecule has 20 heavy (non-hydrogen) atoms. The topological polar surface area (TPSA) is 51.2 Å². The first-order valence-corrected chi connectivity index (χ1v) is 7.16. The Morgan fingerprint density at radius 2 is 1.75 bits per heavy atom. The van der Waals surface area contributed by atoms with Crippen LogP contribution in [0.15, 0.2) is 22.6 Å². The third kappa shape index (κ3) is 2.86. The van der Waals surface area contributed by atoms with E-state index in [0.717, 1.165) is 28.2 Å². The summed E-state index contributed by atoms with van der Waals surface area (Å²) in [4.78, 5) is 0. The summed E-state index contributed by atoms with van der Waals surface area (Å²) in [7, 11) is 0. The van der Waals surface area contributed by atoms with Gasteiger partial charge in [0.2, 0.25) is 0 Å². The largest absolute Gasteiger partial charge is 0.466 e. The molecule has 1 aromatic carbocycles. The standard InChI is InChI=1S/C15H18Cl2N2O/c1-8-9(2)20-10(3)15(8)14(19-18)7-11-12(16)5-4-6-13(11)17/h4-6,14,19H,7,18H2,1-3H3. The van der Waals surface area contributed by atoms with Crippen LogP contribution < -0.4 is 11.3 Å². The van der Waals surface area contributed by atoms with Gasteiger partial charge in [0.15, 0.2) is 0 Å². The first-order valence-electron chi connectivity index (χ1n) is 6.41. The van der Waals surface area contributed by atoms with E-state index >= 15 is 0 Å². The van der Waals surface area contributed by atoms with Crippen LogP contribution in [-0.2, 0) is 6.42 Å². The SMILES string of the molecule is Cc1oc(C)c(C(Cc2c(Cl)cccc2Cl)NN)c1C. The number of rotatable bonds is 4. The summed E-state index contributed by atoms with van der Waals surface area (Å²) in [6.45, 7) is 5.91. The molecule has 0 amide bonds. The zero-order valence-electron chi connectivity index (χ0n) is 11.8. The number of benzene rings is 1. The molecule has 1 atom stereocenters. The maximum atomic E-state index is 6.23. The highest BCUT2D eigenvalue weighted by atomic mass is 35.5. The molecule has 3 N–H and O–H groups in total. The molecule has 5 heteroatoms. The van der Waals surface area contributed by atoms with Crippen molar-refractivity contribution in [2.75, 3.05) is 0 Å². The van der Waals surface area contributed by atoms with Crippen molar-refractivity contribution in [1.29, 1.82) is 0 Å². The summed E-state index contributed by atoms with van der Waals surface area (Å²) < 4.78 is 5.66. The van der Waals surface area contributed by atoms with Crippen LogP contribution in [0.4, 0.5) is 0 Å². The van der Waals surface area contributed by atoms with Crippen molar-refractivity contribution in [3.05, 3.63) is 56.5 Å². The lowest BCUT2D eigenvalue weighted by atomic mass is 9.96. The van der Waals surface area contributed by atoms with Crippen molar-refractivity contribution in [2.45, 2.75) is 33.2 Å². The minimum Gasteiger partial charge on any atom is -0.466 e. The van der Waals surface area contributed by atoms with Crippen LogP contribution in [0.3, 0.4) is 0 Å². The second-order valence-corrected chi connectivity index (χ2v) is 5.69. The molecule has 0 fully saturated rings. The fourth-order valence-corrected chi connectivity index (χ4v) is 3.05. The van der Waals surface area contributed by atoms with Gasteiger partial charge in [0.1, 0.15) is 11.5 Å². The van der Waals surface area contributed by atoms with Gasteiger partial charge in [-0.25, -0.2) is 0 Å². The second kappa shape index (κ2) is 6.19. The van der Waals surface area contributed by atoms with Crippen molar-refractivity contribution < 1.29 is 4.42 Å². The molecule has 3 nitrogen and oxygen atoms in total. The van der Waals surface area contributed by atoms with Crippen molar-refractivity contribution in [1.82, 2.24) is 5.43 Å². The maximum Gasteiger partial charge on any atom is 0.106 e. The van der Waals surface area contributed by atoms with Crippen LogP contribution in [0, 0.1) is 20.8 Å². The molecule has 0 aliphatic heterocycles. The van der Waals surface area contributed by atoms with E-state index in [2.05, 4.69) is 5.43 Å². The van der Waals surface area contributed by atoms with Gasteiger partial charge < -0.3 is 4.42 Å². The van der Waals surface area contributed by atoms with Gasteiger partial charge >= 0.3 is 0 Å². The molecular weight excluding hydrogens is 295 g/mol. The molecule has 0 bridgehead atoms. The molecule has 1 unspecified atom stereocenters. The molecule has 0 aliphatic carbocycles. The minimum atomic E-state index is -0.0927. The average molecular weight is 313 g/mol. The van der Waals surface area contributed by atoms with E-state index in [0.29, 0.717) is 16.5 Å². The average Bonchev–Trinajstić information content (AvgIpc) is 2.64. The highest BCUT2D eigenvalue weighted by Gasteiger charge is 2.22. The Bertz CT molecular complexity index is 602. The van der Waals surface area contributed by atoms with Crippen LogP contribution in [0.25, 0.3) is 0 Å². The monoisotopic (exact) mass is 312 g/mol. The second-order valence-electron chi connectivity index (χ2n) is 4.88. The zero-order valence-corrected chi connectivity index (χ0v) is 13.3. The Morgan fingerprint density at radius 1 is 1.15 bits per heavy atom. The Labute approximate surface area is 129 Å². The van der Waals surface area contributed by atoms with E-state index < -0.39 is 0 Å². The van der Waals surface area contributed by atoms with Crippen molar-refractivity contribution in [3.63, 3.8) is 0 Å². The van der Waals surface area contributed by atoms with E-state index in [1.54, 1.807) is 0 Å². The number of hydrogen-bond acceptors (Lipinski definition) is 3. The molecule has 1 heterocycles. The Hall–Kier alpha value is -1.00. The number of nitrogens with two attached hydrogens (primary N) is 1. The normalized spacial score (nSPS) is 12.7. The third-order valence-electron chi connectivity index (χ3n) is 3.64. The number of nitrogens with one attached hydrogen (secondary N) is 1. The molecule has 0 radical (unpaired) electrons. The first kappa shape index (κ1) is 15.4. The Kier molecular flexibility index (Phi) is 4.76. The van der Waals surface area contributed by atoms with Crippen LogP contribution in [0.2, 0.25) is 10.0 Å². The molecule has 2 aromatic rings. The number of furan rings is 1. The molecule has 0 saturated heterocycles. The quantitative estimate of drug-likeness (QED) is 0.655. The van der Waals surface area contributed by atoms with Gasteiger partial charge in [0, 0.05) is 15.6 Å². The Morgan fingerprint density at radius 3 is 2.20 bits per heavy atom. The molecular formula is C15H18Cl2N2O. The van der Waals surface area contributed by atoms with Crippen molar-refractivity contribution >= 4 is 23.2 Å². The maximum absolute atomic E-state index is 6.23. The fourth-order valence-electron chi connectivity index (χ4n) is 2.50. The van der Waals surface area contributed by atoms with Crippen LogP contribution >= 0.6 is 23.2 Å². The number of hydrogen-bond donors (Lipinski definition) is 2. The molecule has 1 aromatic heterocycles. The van der Waals surface area contributed by atoms with E-state index in [1.165, 1.54) is 0 Å². The van der Waals surface area contributed by atoms with Crippen molar-refractivity contribution in [2.24, 2.45) is 5.84 Å². The molecule has 0 aliphatic rings. The minimum absolute atomic E-state index is 0.0927. The van der Waals surface area contributed by atoms with Gasteiger partial charge in [-0.3, -0.25) is 11.3 Å². The summed E-state index contributed by atoms with van der Waals surface area (Å²) in [5, 5.41) is 1.29. The van der Waals surface area contributed by atoms with Gasteiger partial charge in [0.05, 0.1) is 6.04 Å². The lowest BCUT2D eigenvalue weighted by molar-refractivity contribution is 0.484. The van der Waals surface area contributed by atoms with Crippen LogP contribution in [0.1, 0.15) is 34.3 Å². The highest BCUT2D eigenvalue weighted by molar-refractivity contribution is 6.36. The lowest BCUT2D eigenvalue weighted by Gasteiger charge is -2.18. The highest BCUT2D eigenvalue weighted by Crippen LogP contribution is 2.33. The third-order valence-corrected chi connectivity index (χ3v) is 4.35. The van der Waals surface area contributed by atoms with Crippen LogP contribution in [-0.4, -0.2) is 0 Å². The van der Waals surface area contributed by atoms with E-state index in [1.807, 2.05) is 39.0 Å². The predicted octanol–water partition coefficient (Wildman–Crippen LogP) is 4.26. The molecule has 108 valence electrons. The lowest BCUT2D eigenvalue weighted by Crippen LogP contribution is -2.30. The number of aryl methyl sites for hydroxylation is 2. The summed E-state index contributed by atoms with van der Waals surface area (Å²) in [5.41, 5.74) is 5.90. The van der Waals surface area contributed by atoms with Gasteiger partial charge in [-0.15, -0.1) is 0 Å². The predicted molar refractivity (Wildman–Crippen MR) is 83.1 cm³/mol. The summed E-state index contributed by atoms with van der Waals surface area (Å²) in [6.07, 6.45) is 0.607. The first-order chi connectivity index (χ1) is 9.45. The van der Waals surface area contributed by atoms with Gasteiger partial charge in [-0.2, -0.15) is 0 Å². The Balaban J connectivity index is 2.39. The summed E-state index contributed by atoms with van der Waals surface area (Å²) in [5.74, 6) is 7.49. The smallest absolute Gasteiger partial charge is 0.106 e. The van der Waals surface area contributed by atoms with Crippen LogP contribution in [0.5, 0.6) is 0 Å². The number of hydrazine groups is 1. The van der Waals surface area contributed by atoms with E-state index in [-0.39, 0.29) is 6.04 Å². The van der Waals surface area contributed by atoms with Gasteiger partial charge in [-0.05, 0) is 50.5 Å². The van der Waals surface area contributed by atoms with Crippen molar-refractivity contribution in [3.8, 4) is 0 Å². The number of halogens is 2.